The van der Waals surface area contributed by atoms with E-state index in [4.69, 9.17) is 0 Å². The van der Waals surface area contributed by atoms with Gasteiger partial charge in [-0.2, -0.15) is 5.10 Å². The Balaban J connectivity index is 2.05. The molecule has 0 aliphatic carbocycles. The van der Waals surface area contributed by atoms with Crippen molar-refractivity contribution in [2.24, 2.45) is 13.0 Å². The molecule has 0 radical (unpaired) electrons. The standard InChI is InChI=1S/C14H26N4O2S/c1-4-15-13(14-7-8-16-17(14)2)10-12-6-5-9-18(11-12)21(3,19)20/h7-8,12-13,15H,4-6,9-11H2,1-3H3. The van der Waals surface area contributed by atoms with Crippen molar-refractivity contribution in [2.45, 2.75) is 32.2 Å². The van der Waals surface area contributed by atoms with Gasteiger partial charge < -0.3 is 5.32 Å². The van der Waals surface area contributed by atoms with Crippen molar-refractivity contribution < 1.29 is 8.42 Å². The van der Waals surface area contributed by atoms with Crippen LogP contribution in [0.2, 0.25) is 0 Å². The number of nitrogens with zero attached hydrogens (tertiary/aromatic N) is 3. The van der Waals surface area contributed by atoms with Crippen LogP contribution in [0.4, 0.5) is 0 Å². The zero-order valence-corrected chi connectivity index (χ0v) is 13.9. The van der Waals surface area contributed by atoms with Crippen LogP contribution >= 0.6 is 0 Å². The van der Waals surface area contributed by atoms with Gasteiger partial charge >= 0.3 is 0 Å². The Morgan fingerprint density at radius 1 is 1.52 bits per heavy atom. The van der Waals surface area contributed by atoms with Crippen LogP contribution in [0, 0.1) is 5.92 Å². The Morgan fingerprint density at radius 2 is 2.29 bits per heavy atom. The van der Waals surface area contributed by atoms with Crippen molar-refractivity contribution in [1.29, 1.82) is 0 Å². The van der Waals surface area contributed by atoms with Crippen LogP contribution in [0.15, 0.2) is 12.3 Å². The lowest BCUT2D eigenvalue weighted by atomic mass is 9.91. The molecule has 1 aromatic heterocycles. The summed E-state index contributed by atoms with van der Waals surface area (Å²) in [6.45, 7) is 4.27. The van der Waals surface area contributed by atoms with Crippen LogP contribution in [0.25, 0.3) is 0 Å². The predicted molar refractivity (Wildman–Crippen MR) is 83.4 cm³/mol. The summed E-state index contributed by atoms with van der Waals surface area (Å²) < 4.78 is 27.0. The van der Waals surface area contributed by atoms with Crippen molar-refractivity contribution >= 4 is 10.0 Å². The average molecular weight is 314 g/mol. The minimum absolute atomic E-state index is 0.229. The zero-order valence-electron chi connectivity index (χ0n) is 13.1. The SMILES string of the molecule is CCNC(CC1CCCN(S(C)(=O)=O)C1)c1ccnn1C. The summed E-state index contributed by atoms with van der Waals surface area (Å²) in [6, 6.07) is 2.26. The lowest BCUT2D eigenvalue weighted by Crippen LogP contribution is -2.40. The average Bonchev–Trinajstić information content (AvgIpc) is 2.84. The first kappa shape index (κ1) is 16.5. The number of nitrogens with one attached hydrogen (secondary N) is 1. The lowest BCUT2D eigenvalue weighted by molar-refractivity contribution is 0.236. The Hall–Kier alpha value is -0.920. The molecule has 1 aliphatic heterocycles. The first-order valence-corrected chi connectivity index (χ1v) is 9.43. The topological polar surface area (TPSA) is 67.2 Å². The van der Waals surface area contributed by atoms with Gasteiger partial charge in [-0.25, -0.2) is 12.7 Å². The van der Waals surface area contributed by atoms with E-state index in [9.17, 15) is 8.42 Å². The second-order valence-electron chi connectivity index (χ2n) is 5.85. The smallest absolute Gasteiger partial charge is 0.211 e. The summed E-state index contributed by atoms with van der Waals surface area (Å²) in [4.78, 5) is 0. The third-order valence-corrected chi connectivity index (χ3v) is 5.46. The number of rotatable bonds is 6. The van der Waals surface area contributed by atoms with Crippen molar-refractivity contribution in [3.05, 3.63) is 18.0 Å². The fourth-order valence-electron chi connectivity index (χ4n) is 3.13. The molecule has 120 valence electrons. The third-order valence-electron chi connectivity index (χ3n) is 4.19. The number of piperidine rings is 1. The molecule has 21 heavy (non-hydrogen) atoms. The molecular weight excluding hydrogens is 288 g/mol. The lowest BCUT2D eigenvalue weighted by Gasteiger charge is -2.33. The first-order valence-electron chi connectivity index (χ1n) is 7.58. The predicted octanol–water partition coefficient (Wildman–Crippen LogP) is 1.13. The minimum Gasteiger partial charge on any atom is -0.309 e. The minimum atomic E-state index is -3.07. The van der Waals surface area contributed by atoms with E-state index >= 15 is 0 Å². The van der Waals surface area contributed by atoms with Crippen LogP contribution in [0.1, 0.15) is 37.9 Å². The third kappa shape index (κ3) is 4.28. The maximum atomic E-state index is 11.7. The highest BCUT2D eigenvalue weighted by Gasteiger charge is 2.28. The van der Waals surface area contributed by atoms with Crippen molar-refractivity contribution in [2.75, 3.05) is 25.9 Å². The normalized spacial score (nSPS) is 22.3. The van der Waals surface area contributed by atoms with E-state index in [0.717, 1.165) is 31.5 Å². The van der Waals surface area contributed by atoms with Gasteiger partial charge in [0.15, 0.2) is 0 Å². The largest absolute Gasteiger partial charge is 0.309 e. The quantitative estimate of drug-likeness (QED) is 0.855. The first-order chi connectivity index (χ1) is 9.91. The second-order valence-corrected chi connectivity index (χ2v) is 7.84. The summed E-state index contributed by atoms with van der Waals surface area (Å²) in [7, 11) is -1.13. The van der Waals surface area contributed by atoms with Gasteiger partial charge in [0.1, 0.15) is 0 Å². The molecule has 0 bridgehead atoms. The molecule has 1 fully saturated rings. The number of sulfonamides is 1. The molecule has 0 spiro atoms. The van der Waals surface area contributed by atoms with Crippen LogP contribution in [0.5, 0.6) is 0 Å². The van der Waals surface area contributed by atoms with E-state index < -0.39 is 10.0 Å². The van der Waals surface area contributed by atoms with E-state index in [0.29, 0.717) is 19.0 Å². The Labute approximate surface area is 127 Å². The highest BCUT2D eigenvalue weighted by molar-refractivity contribution is 7.88. The van der Waals surface area contributed by atoms with E-state index in [2.05, 4.69) is 17.3 Å². The van der Waals surface area contributed by atoms with Gasteiger partial charge in [-0.15, -0.1) is 0 Å². The van der Waals surface area contributed by atoms with E-state index in [1.165, 1.54) is 6.26 Å². The summed E-state index contributed by atoms with van der Waals surface area (Å²) >= 11 is 0. The summed E-state index contributed by atoms with van der Waals surface area (Å²) in [5.41, 5.74) is 1.16. The molecule has 1 aromatic rings. The molecule has 0 saturated carbocycles. The molecule has 2 rings (SSSR count). The molecule has 2 heterocycles. The molecule has 0 amide bonds. The van der Waals surface area contributed by atoms with E-state index in [-0.39, 0.29) is 6.04 Å². The van der Waals surface area contributed by atoms with Crippen LogP contribution in [0.3, 0.4) is 0 Å². The van der Waals surface area contributed by atoms with Gasteiger partial charge in [0.2, 0.25) is 10.0 Å². The van der Waals surface area contributed by atoms with Crippen LogP contribution in [-0.2, 0) is 17.1 Å². The van der Waals surface area contributed by atoms with Gasteiger partial charge in [-0.1, -0.05) is 6.92 Å². The highest BCUT2D eigenvalue weighted by Crippen LogP contribution is 2.28. The van der Waals surface area contributed by atoms with E-state index in [1.54, 1.807) is 4.31 Å². The number of aryl methyl sites for hydroxylation is 1. The van der Waals surface area contributed by atoms with Crippen molar-refractivity contribution in [3.63, 3.8) is 0 Å². The second kappa shape index (κ2) is 6.89. The molecule has 0 aromatic carbocycles. The zero-order chi connectivity index (χ0) is 15.5. The number of hydrogen-bond acceptors (Lipinski definition) is 4. The van der Waals surface area contributed by atoms with Gasteiger partial charge in [0, 0.05) is 32.4 Å². The number of hydrogen-bond donors (Lipinski definition) is 1. The Bertz CT molecular complexity index is 555. The summed E-state index contributed by atoms with van der Waals surface area (Å²) in [5.74, 6) is 0.396. The van der Waals surface area contributed by atoms with Gasteiger partial charge in [-0.05, 0) is 37.8 Å². The van der Waals surface area contributed by atoms with Gasteiger partial charge in [0.25, 0.3) is 0 Å². The molecule has 2 atom stereocenters. The highest BCUT2D eigenvalue weighted by atomic mass is 32.2. The monoisotopic (exact) mass is 314 g/mol. The molecule has 1 aliphatic rings. The van der Waals surface area contributed by atoms with Crippen LogP contribution < -0.4 is 5.32 Å². The fraction of sp³-hybridized carbons (Fsp3) is 0.786. The van der Waals surface area contributed by atoms with Crippen molar-refractivity contribution in [3.8, 4) is 0 Å². The molecule has 2 unspecified atom stereocenters. The Kier molecular flexibility index (Phi) is 5.40. The van der Waals surface area contributed by atoms with Crippen LogP contribution in [-0.4, -0.2) is 48.4 Å². The maximum Gasteiger partial charge on any atom is 0.211 e. The number of aromatic nitrogens is 2. The molecule has 7 heteroatoms. The molecule has 1 saturated heterocycles. The van der Waals surface area contributed by atoms with Crippen molar-refractivity contribution in [1.82, 2.24) is 19.4 Å². The molecule has 1 N–H and O–H groups in total. The van der Waals surface area contributed by atoms with Gasteiger partial charge in [-0.3, -0.25) is 4.68 Å². The Morgan fingerprint density at radius 3 is 2.86 bits per heavy atom. The fourth-order valence-corrected chi connectivity index (χ4v) is 4.08. The summed E-state index contributed by atoms with van der Waals surface area (Å²) in [6.07, 6.45) is 6.09. The maximum absolute atomic E-state index is 11.7. The molecule has 6 nitrogen and oxygen atoms in total. The molecular formula is C14H26N4O2S. The van der Waals surface area contributed by atoms with E-state index in [1.807, 2.05) is 24.0 Å². The van der Waals surface area contributed by atoms with Gasteiger partial charge in [0.05, 0.1) is 11.9 Å². The summed E-state index contributed by atoms with van der Waals surface area (Å²) in [5, 5.41) is 7.74.